The molecule has 0 bridgehead atoms. The van der Waals surface area contributed by atoms with E-state index in [0.717, 1.165) is 66.8 Å². The van der Waals surface area contributed by atoms with Gasteiger partial charge in [-0.05, 0) is 110 Å². The number of carbonyl (C=O) groups is 4. The molecular weight excluding hydrogens is 1080 g/mol. The van der Waals surface area contributed by atoms with Crippen molar-refractivity contribution in [1.82, 2.24) is 0 Å². The smallest absolute Gasteiger partial charge is 0.307 e. The summed E-state index contributed by atoms with van der Waals surface area (Å²) in [6.45, 7) is 46.7. The topological polar surface area (TPSA) is 311 Å². The zero-order chi connectivity index (χ0) is 67.4. The quantitative estimate of drug-likeness (QED) is 0.0627. The third-order valence-corrected chi connectivity index (χ3v) is 13.9. The number of aliphatic carboxylic acids is 4. The van der Waals surface area contributed by atoms with E-state index in [2.05, 4.69) is 0 Å². The Hall–Kier alpha value is -6.20. The molecule has 0 aliphatic rings. The number of hydrogen-bond donors (Lipinski definition) is 12. The monoisotopic (exact) mass is 1190 g/mol. The van der Waals surface area contributed by atoms with Gasteiger partial charge in [-0.2, -0.15) is 0 Å². The van der Waals surface area contributed by atoms with E-state index in [1.807, 2.05) is 166 Å². The summed E-state index contributed by atoms with van der Waals surface area (Å²) in [6, 6.07) is 14.4. The Morgan fingerprint density at radius 1 is 0.259 bits per heavy atom. The van der Waals surface area contributed by atoms with Gasteiger partial charge in [-0.15, -0.1) is 0 Å². The molecule has 0 saturated carbocycles. The van der Waals surface area contributed by atoms with Crippen LogP contribution in [0.15, 0.2) is 48.5 Å². The predicted molar refractivity (Wildman–Crippen MR) is 338 cm³/mol. The van der Waals surface area contributed by atoms with E-state index in [1.165, 1.54) is 0 Å². The molecule has 16 nitrogen and oxygen atoms in total. The van der Waals surface area contributed by atoms with E-state index in [9.17, 15) is 39.6 Å². The Bertz CT molecular complexity index is 2350. The second kappa shape index (κ2) is 29.9. The molecular formula is C69H108O16. The van der Waals surface area contributed by atoms with Gasteiger partial charge in [0.25, 0.3) is 0 Å². The number of aromatic hydroxyl groups is 4. The number of benzene rings is 4. The molecule has 0 aliphatic heterocycles. The van der Waals surface area contributed by atoms with Crippen molar-refractivity contribution in [2.45, 2.75) is 235 Å². The zero-order valence-electron chi connectivity index (χ0n) is 55.8. The van der Waals surface area contributed by atoms with Crippen LogP contribution in [0.4, 0.5) is 0 Å². The van der Waals surface area contributed by atoms with E-state index >= 15 is 0 Å². The lowest BCUT2D eigenvalue weighted by Crippen LogP contribution is -2.37. The second-order valence-electron chi connectivity index (χ2n) is 30.6. The second-order valence-corrected chi connectivity index (χ2v) is 30.6. The van der Waals surface area contributed by atoms with Gasteiger partial charge in [-0.1, -0.05) is 215 Å². The molecule has 0 heterocycles. The van der Waals surface area contributed by atoms with Crippen molar-refractivity contribution in [1.29, 1.82) is 0 Å². The summed E-state index contributed by atoms with van der Waals surface area (Å²) in [5, 5.41) is 112. The van der Waals surface area contributed by atoms with Gasteiger partial charge < -0.3 is 61.3 Å². The minimum atomic E-state index is -1.11. The standard InChI is InChI=1S/4C16H24O3.C5H12O4/c4*1-15(2,3)11-7-10(9-13(17)18)8-12(14(11)19)16(4,5)6;6-1-5(2-7,3-8)4-9/h4*7-8,19H,9H2,1-6H3,(H,17,18);6-9H,1-4H2. The number of phenols is 4. The molecule has 0 aliphatic carbocycles. The lowest BCUT2D eigenvalue weighted by atomic mass is 9.78. The third-order valence-electron chi connectivity index (χ3n) is 13.9. The molecule has 16 heteroatoms. The Balaban J connectivity index is 0.00000106. The maximum atomic E-state index is 10.9. The fourth-order valence-corrected chi connectivity index (χ4v) is 8.76. The lowest BCUT2D eigenvalue weighted by molar-refractivity contribution is -0.137. The maximum Gasteiger partial charge on any atom is 0.307 e. The van der Waals surface area contributed by atoms with Crippen LogP contribution in [-0.2, 0) is 88.2 Å². The van der Waals surface area contributed by atoms with E-state index in [-0.39, 0.29) is 92.0 Å². The van der Waals surface area contributed by atoms with Crippen molar-refractivity contribution < 1.29 is 80.5 Å². The molecule has 0 radical (unpaired) electrons. The third kappa shape index (κ3) is 25.0. The summed E-state index contributed by atoms with van der Waals surface area (Å²) in [6.07, 6.45) is -0.0856. The van der Waals surface area contributed by atoms with E-state index < -0.39 is 55.7 Å². The van der Waals surface area contributed by atoms with Gasteiger partial charge in [-0.3, -0.25) is 19.2 Å². The maximum absolute atomic E-state index is 10.9. The van der Waals surface area contributed by atoms with E-state index in [1.54, 1.807) is 48.5 Å². The summed E-state index contributed by atoms with van der Waals surface area (Å²) >= 11 is 0. The van der Waals surface area contributed by atoms with Crippen LogP contribution in [0.3, 0.4) is 0 Å². The summed E-state index contributed by atoms with van der Waals surface area (Å²) < 4.78 is 0. The number of carboxylic acids is 4. The minimum Gasteiger partial charge on any atom is -0.507 e. The van der Waals surface area contributed by atoms with Gasteiger partial charge in [0.1, 0.15) is 23.0 Å². The number of phenolic OH excluding ortho intramolecular Hbond substituents is 4. The van der Waals surface area contributed by atoms with Crippen LogP contribution in [0, 0.1) is 5.41 Å². The van der Waals surface area contributed by atoms with Crippen LogP contribution in [0.25, 0.3) is 0 Å². The first kappa shape index (κ1) is 78.8. The van der Waals surface area contributed by atoms with Gasteiger partial charge in [0, 0.05) is 0 Å². The number of aliphatic hydroxyl groups excluding tert-OH is 4. The highest BCUT2D eigenvalue weighted by molar-refractivity contribution is 5.73. The van der Waals surface area contributed by atoms with Crippen LogP contribution >= 0.6 is 0 Å². The van der Waals surface area contributed by atoms with Gasteiger partial charge in [-0.25, -0.2) is 0 Å². The van der Waals surface area contributed by atoms with E-state index in [0.29, 0.717) is 0 Å². The molecule has 12 N–H and O–H groups in total. The first-order chi connectivity index (χ1) is 37.9. The van der Waals surface area contributed by atoms with Gasteiger partial charge in [0.2, 0.25) is 0 Å². The van der Waals surface area contributed by atoms with Crippen LogP contribution in [0.2, 0.25) is 0 Å². The highest BCUT2D eigenvalue weighted by atomic mass is 16.4. The highest BCUT2D eigenvalue weighted by Crippen LogP contribution is 2.44. The van der Waals surface area contributed by atoms with Gasteiger partial charge >= 0.3 is 23.9 Å². The largest absolute Gasteiger partial charge is 0.507 e. The molecule has 480 valence electrons. The van der Waals surface area contributed by atoms with Gasteiger partial charge in [0.05, 0.1) is 57.5 Å². The molecule has 0 atom stereocenters. The number of aliphatic hydroxyl groups is 4. The summed E-state index contributed by atoms with van der Waals surface area (Å²) in [5.74, 6) is -2.28. The molecule has 0 amide bonds. The molecule has 85 heavy (non-hydrogen) atoms. The SMILES string of the molecule is CC(C)(C)c1cc(CC(=O)O)cc(C(C)(C)C)c1O.CC(C)(C)c1cc(CC(=O)O)cc(C(C)(C)C)c1O.CC(C)(C)c1cc(CC(=O)O)cc(C(C)(C)C)c1O.CC(C)(C)c1cc(CC(=O)O)cc(C(C)(C)C)c1O.OCC(CO)(CO)CO. The van der Waals surface area contributed by atoms with Crippen molar-refractivity contribution in [3.63, 3.8) is 0 Å². The Morgan fingerprint density at radius 2 is 0.365 bits per heavy atom. The van der Waals surface area contributed by atoms with Crippen molar-refractivity contribution in [2.75, 3.05) is 26.4 Å². The summed E-state index contributed by atoms with van der Waals surface area (Å²) in [5.41, 5.74) is 6.46. The van der Waals surface area contributed by atoms with Crippen LogP contribution < -0.4 is 0 Å². The fourth-order valence-electron chi connectivity index (χ4n) is 8.76. The van der Waals surface area contributed by atoms with Crippen LogP contribution in [0.5, 0.6) is 23.0 Å². The van der Waals surface area contributed by atoms with Crippen LogP contribution in [0.1, 0.15) is 233 Å². The molecule has 4 rings (SSSR count). The Kier molecular flexibility index (Phi) is 27.8. The average molecular weight is 1190 g/mol. The first-order valence-corrected chi connectivity index (χ1v) is 28.7. The minimum absolute atomic E-state index is 0.0214. The van der Waals surface area contributed by atoms with Crippen molar-refractivity contribution in [3.05, 3.63) is 115 Å². The summed E-state index contributed by atoms with van der Waals surface area (Å²) in [7, 11) is 0. The lowest BCUT2D eigenvalue weighted by Gasteiger charge is -2.28. The van der Waals surface area contributed by atoms with Crippen LogP contribution in [-0.4, -0.2) is 112 Å². The molecule has 0 spiro atoms. The number of hydrogen-bond acceptors (Lipinski definition) is 12. The number of rotatable bonds is 12. The Morgan fingerprint density at radius 3 is 0.424 bits per heavy atom. The molecule has 0 aromatic heterocycles. The van der Waals surface area contributed by atoms with Crippen molar-refractivity contribution in [3.8, 4) is 23.0 Å². The molecule has 0 unspecified atom stereocenters. The normalized spacial score (nSPS) is 12.5. The fraction of sp³-hybridized carbons (Fsp3) is 0.594. The predicted octanol–water partition coefficient (Wildman–Crippen LogP) is 12.4. The van der Waals surface area contributed by atoms with Crippen molar-refractivity contribution in [2.24, 2.45) is 5.41 Å². The number of carboxylic acid groups (broad SMARTS) is 4. The molecule has 0 fully saturated rings. The van der Waals surface area contributed by atoms with Gasteiger partial charge in [0.15, 0.2) is 0 Å². The van der Waals surface area contributed by atoms with E-state index in [4.69, 9.17) is 40.9 Å². The molecule has 0 saturated heterocycles. The first-order valence-electron chi connectivity index (χ1n) is 28.7. The highest BCUT2D eigenvalue weighted by Gasteiger charge is 2.32. The summed E-state index contributed by atoms with van der Waals surface area (Å²) in [4.78, 5) is 43.7. The molecule has 4 aromatic rings. The Labute approximate surface area is 507 Å². The average Bonchev–Trinajstić information content (AvgIpc) is 3.47. The van der Waals surface area contributed by atoms with Crippen molar-refractivity contribution >= 4 is 23.9 Å². The zero-order valence-corrected chi connectivity index (χ0v) is 55.8. The molecule has 4 aromatic carbocycles.